The quantitative estimate of drug-likeness (QED) is 0.463. The van der Waals surface area contributed by atoms with Crippen molar-refractivity contribution in [2.45, 2.75) is 25.3 Å². The Morgan fingerprint density at radius 1 is 1.27 bits per heavy atom. The fraction of sp³-hybridized carbons (Fsp3) is 0.526. The predicted octanol–water partition coefficient (Wildman–Crippen LogP) is 1.43. The maximum atomic E-state index is 11.7. The molecular weight excluding hydrogens is 725 g/mol. The molecule has 1 N–H and O–H groups in total. The summed E-state index contributed by atoms with van der Waals surface area (Å²) in [7, 11) is -3.12. The van der Waals surface area contributed by atoms with E-state index in [2.05, 4.69) is 27.3 Å². The van der Waals surface area contributed by atoms with Crippen molar-refractivity contribution in [3.8, 4) is 6.07 Å². The van der Waals surface area contributed by atoms with Crippen LogP contribution in [-0.2, 0) is 10.0 Å². The Kier molecular flexibility index (Phi) is 9.66. The number of fused-ring (bicyclic) bond motifs is 1. The van der Waals surface area contributed by atoms with E-state index in [0.717, 1.165) is 42.5 Å². The maximum absolute atomic E-state index is 11.7. The van der Waals surface area contributed by atoms with Crippen molar-refractivity contribution in [2.75, 3.05) is 42.7 Å². The van der Waals surface area contributed by atoms with Crippen molar-refractivity contribution >= 4 is 59.9 Å². The number of rotatable bonds is 5. The first-order valence-electron chi connectivity index (χ1n) is 9.53. The van der Waals surface area contributed by atoms with Crippen molar-refractivity contribution in [1.29, 1.82) is 5.26 Å². The molecule has 0 unspecified atom stereocenters. The first kappa shape index (κ1) is 26.1. The van der Waals surface area contributed by atoms with Gasteiger partial charge in [-0.05, 0) is 18.9 Å². The molecule has 2 aliphatic rings. The summed E-state index contributed by atoms with van der Waals surface area (Å²) in [5.74, 6) is 1.01. The number of hydrogen-bond donors (Lipinski definition) is 1. The topological polar surface area (TPSA) is 102 Å². The van der Waals surface area contributed by atoms with Gasteiger partial charge in [0.1, 0.15) is 0 Å². The molecule has 2 fully saturated rings. The monoisotopic (exact) mass is 747 g/mol. The Balaban J connectivity index is 0.00000160. The van der Waals surface area contributed by atoms with Crippen LogP contribution in [0.3, 0.4) is 0 Å². The van der Waals surface area contributed by atoms with Crippen LogP contribution in [-0.4, -0.2) is 88.5 Å². The van der Waals surface area contributed by atoms with E-state index in [9.17, 15) is 8.42 Å². The number of benzene rings is 1. The smallest absolute Gasteiger partial charge is 0.223 e. The van der Waals surface area contributed by atoms with Gasteiger partial charge >= 0.3 is 0 Å². The van der Waals surface area contributed by atoms with Crippen LogP contribution >= 0.6 is 0 Å². The third kappa shape index (κ3) is 5.99. The minimum absolute atomic E-state index is 0. The summed E-state index contributed by atoms with van der Waals surface area (Å²) in [6.45, 7) is 2.79. The summed E-state index contributed by atoms with van der Waals surface area (Å²) in [6, 6.07) is 8.47. The van der Waals surface area contributed by atoms with E-state index in [-0.39, 0.29) is 74.2 Å². The van der Waals surface area contributed by atoms with Gasteiger partial charge in [-0.15, -0.1) is 0 Å². The molecule has 0 atom stereocenters. The molecule has 3 heterocycles. The van der Waals surface area contributed by atoms with Gasteiger partial charge in [0.25, 0.3) is 0 Å². The van der Waals surface area contributed by atoms with Gasteiger partial charge in [-0.3, -0.25) is 0 Å². The number of nitrogens with one attached hydrogen (secondary N) is 1. The van der Waals surface area contributed by atoms with Crippen LogP contribution in [0, 0.1) is 58.1 Å². The van der Waals surface area contributed by atoms with E-state index in [0.29, 0.717) is 31.4 Å². The van der Waals surface area contributed by atoms with E-state index >= 15 is 0 Å². The van der Waals surface area contributed by atoms with Gasteiger partial charge in [0.15, 0.2) is 0 Å². The van der Waals surface area contributed by atoms with Crippen LogP contribution in [0.2, 0.25) is 0 Å². The second-order valence-electron chi connectivity index (χ2n) is 7.62. The molecule has 11 heteroatoms. The van der Waals surface area contributed by atoms with E-state index in [1.54, 1.807) is 0 Å². The Hall–Kier alpha value is -0.167. The Labute approximate surface area is 230 Å². The molecule has 4 rings (SSSR count). The zero-order valence-electron chi connectivity index (χ0n) is 17.0. The summed E-state index contributed by atoms with van der Waals surface area (Å²) in [5.41, 5.74) is 1.98. The first-order valence-corrected chi connectivity index (χ1v) is 11.4. The molecule has 30 heavy (non-hydrogen) atoms. The van der Waals surface area contributed by atoms with Crippen molar-refractivity contribution in [3.63, 3.8) is 0 Å². The summed E-state index contributed by atoms with van der Waals surface area (Å²) in [4.78, 5) is 11.4. The Bertz CT molecular complexity index is 1020. The van der Waals surface area contributed by atoms with Gasteiger partial charge in [-0.25, -0.2) is 22.7 Å². The van der Waals surface area contributed by atoms with E-state index in [1.807, 2.05) is 18.3 Å². The zero-order valence-corrected chi connectivity index (χ0v) is 25.5. The molecule has 0 saturated carbocycles. The summed E-state index contributed by atoms with van der Waals surface area (Å²) < 4.78 is 24.8. The molecule has 155 valence electrons. The molecule has 2 aliphatic heterocycles. The van der Waals surface area contributed by atoms with Gasteiger partial charge in [-0.1, -0.05) is 12.1 Å². The third-order valence-electron chi connectivity index (χ3n) is 5.52. The van der Waals surface area contributed by atoms with Gasteiger partial charge in [0.2, 0.25) is 16.0 Å². The van der Waals surface area contributed by atoms with E-state index in [1.165, 1.54) is 10.6 Å². The SMILES string of the molecule is CS(=O)(=O)N1CCC(Nc2ncc3cccc(N4CC(CC#N)C4)c3n2)CC1.[Nd].[Tl]. The Morgan fingerprint density at radius 2 is 1.97 bits per heavy atom. The van der Waals surface area contributed by atoms with Crippen LogP contribution < -0.4 is 10.2 Å². The number of sulfonamides is 1. The molecule has 1 aromatic heterocycles. The second-order valence-corrected chi connectivity index (χ2v) is 9.60. The van der Waals surface area contributed by atoms with Crippen molar-refractivity contribution in [3.05, 3.63) is 24.4 Å². The van der Waals surface area contributed by atoms with Crippen molar-refractivity contribution in [1.82, 2.24) is 14.3 Å². The number of aromatic nitrogens is 2. The normalized spacial score (nSPS) is 18.1. The number of nitriles is 1. The van der Waals surface area contributed by atoms with Crippen LogP contribution in [0.15, 0.2) is 24.4 Å². The molecule has 8 nitrogen and oxygen atoms in total. The molecule has 2 aromatic rings. The van der Waals surface area contributed by atoms with Crippen LogP contribution in [0.4, 0.5) is 11.6 Å². The second kappa shape index (κ2) is 11.1. The van der Waals surface area contributed by atoms with Gasteiger partial charge < -0.3 is 10.2 Å². The van der Waals surface area contributed by atoms with Crippen molar-refractivity contribution < 1.29 is 49.3 Å². The molecule has 1 aromatic carbocycles. The number of piperidine rings is 1. The molecule has 0 spiro atoms. The van der Waals surface area contributed by atoms with E-state index in [4.69, 9.17) is 10.2 Å². The average molecular weight is 749 g/mol. The van der Waals surface area contributed by atoms with Crippen molar-refractivity contribution in [2.24, 2.45) is 5.92 Å². The first-order chi connectivity index (χ1) is 13.4. The standard InChI is InChI=1S/C19H24N6O2S.Nd.Tl/c1-28(26,27)25-9-6-16(7-10-25)22-19-21-11-15-3-2-4-17(18(15)23-19)24-12-14(13-24)5-8-20;;/h2-4,11,14,16H,5-7,9-10,12-13H2,1H3,(H,21,22,23);;. The maximum Gasteiger partial charge on any atom is 0.223 e. The number of nitrogens with zero attached hydrogens (tertiary/aromatic N) is 5. The van der Waals surface area contributed by atoms with E-state index < -0.39 is 10.0 Å². The minimum Gasteiger partial charge on any atom is -0.369 e. The van der Waals surface area contributed by atoms with Gasteiger partial charge in [-0.2, -0.15) is 5.26 Å². The van der Waals surface area contributed by atoms with Crippen LogP contribution in [0.5, 0.6) is 0 Å². The number of anilines is 2. The fourth-order valence-corrected chi connectivity index (χ4v) is 4.78. The molecular formula is C19H24N6NdO2STl. The predicted molar refractivity (Wildman–Crippen MR) is 114 cm³/mol. The molecule has 0 amide bonds. The molecule has 0 bridgehead atoms. The largest absolute Gasteiger partial charge is 0.369 e. The summed E-state index contributed by atoms with van der Waals surface area (Å²) in [5, 5.41) is 13.2. The molecule has 0 aliphatic carbocycles. The fourth-order valence-electron chi connectivity index (χ4n) is 3.90. The minimum atomic E-state index is -3.12. The number of hydrogen-bond acceptors (Lipinski definition) is 7. The Morgan fingerprint density at radius 3 is 2.60 bits per heavy atom. The van der Waals surface area contributed by atoms with Crippen LogP contribution in [0.25, 0.3) is 10.9 Å². The summed E-state index contributed by atoms with van der Waals surface area (Å²) >= 11 is 0. The third-order valence-corrected chi connectivity index (χ3v) is 6.83. The average Bonchev–Trinajstić information content (AvgIpc) is 2.64. The van der Waals surface area contributed by atoms with Gasteiger partial charge in [0.05, 0.1) is 23.5 Å². The van der Waals surface area contributed by atoms with Crippen LogP contribution in [0.1, 0.15) is 19.3 Å². The number of para-hydroxylation sites is 1. The zero-order chi connectivity index (χ0) is 19.7. The molecule has 2 saturated heterocycles. The van der Waals surface area contributed by atoms with Gasteiger partial charge in [0, 0.05) is 124 Å². The summed E-state index contributed by atoms with van der Waals surface area (Å²) in [6.07, 6.45) is 5.14. The molecule has 1 radical (unpaired) electrons.